The van der Waals surface area contributed by atoms with Crippen molar-refractivity contribution in [2.24, 2.45) is 4.99 Å². The largest absolute Gasteiger partial charge is 0.496 e. The zero-order valence-corrected chi connectivity index (χ0v) is 25.8. The summed E-state index contributed by atoms with van der Waals surface area (Å²) in [5.41, 5.74) is 1.48. The van der Waals surface area contributed by atoms with Crippen molar-refractivity contribution in [1.82, 2.24) is 9.47 Å². The van der Waals surface area contributed by atoms with E-state index in [4.69, 9.17) is 18.9 Å². The van der Waals surface area contributed by atoms with Gasteiger partial charge in [-0.1, -0.05) is 55.0 Å². The third-order valence-corrected chi connectivity index (χ3v) is 9.00. The number of nitrogens with zero attached hydrogens (tertiary/aromatic N) is 4. The molecule has 0 radical (unpaired) electrons. The fourth-order valence-corrected chi connectivity index (χ4v) is 6.88. The minimum absolute atomic E-state index is 0.208. The number of piperazine rings is 1. The molecule has 2 aromatic heterocycles. The number of ether oxygens (including phenoxy) is 2. The lowest BCUT2D eigenvalue weighted by Gasteiger charge is -2.32. The lowest BCUT2D eigenvalue weighted by Crippen LogP contribution is -2.44. The van der Waals surface area contributed by atoms with Gasteiger partial charge in [-0.05, 0) is 43.3 Å². The summed E-state index contributed by atoms with van der Waals surface area (Å²) >= 11 is 1.30. The Balaban J connectivity index is 1.55. The Hall–Kier alpha value is -4.15. The van der Waals surface area contributed by atoms with Crippen LogP contribution < -0.4 is 24.5 Å². The summed E-state index contributed by atoms with van der Waals surface area (Å²) in [6.45, 7) is 7.73. The zero-order chi connectivity index (χ0) is 30.1. The molecule has 0 aliphatic carbocycles. The molecule has 10 heteroatoms. The quantitative estimate of drug-likeness (QED) is 0.282. The number of benzene rings is 2. The maximum absolute atomic E-state index is 14.3. The molecular formula is C33H36N4O5S. The number of hydrogen-bond donors (Lipinski definition) is 0. The molecule has 1 atom stereocenters. The van der Waals surface area contributed by atoms with Gasteiger partial charge in [0.2, 0.25) is 0 Å². The number of likely N-dealkylation sites (N-methyl/N-ethyl adjacent to an activating group) is 1. The molecule has 2 aliphatic heterocycles. The number of hydrogen-bond acceptors (Lipinski definition) is 9. The Morgan fingerprint density at radius 2 is 1.88 bits per heavy atom. The van der Waals surface area contributed by atoms with Crippen LogP contribution in [0.4, 0.5) is 5.88 Å². The zero-order valence-electron chi connectivity index (χ0n) is 25.0. The van der Waals surface area contributed by atoms with Crippen LogP contribution in [-0.2, 0) is 9.53 Å². The molecule has 1 fully saturated rings. The molecule has 1 unspecified atom stereocenters. The number of rotatable bonds is 8. The first kappa shape index (κ1) is 28.9. The highest BCUT2D eigenvalue weighted by atomic mass is 32.1. The molecule has 43 heavy (non-hydrogen) atoms. The van der Waals surface area contributed by atoms with Crippen LogP contribution in [0.2, 0.25) is 0 Å². The lowest BCUT2D eigenvalue weighted by molar-refractivity contribution is -0.139. The van der Waals surface area contributed by atoms with Crippen molar-refractivity contribution in [2.45, 2.75) is 32.7 Å². The molecule has 1 saturated heterocycles. The highest BCUT2D eigenvalue weighted by molar-refractivity contribution is 7.07. The van der Waals surface area contributed by atoms with Crippen molar-refractivity contribution in [3.8, 4) is 5.75 Å². The average Bonchev–Trinajstić information content (AvgIpc) is 3.60. The van der Waals surface area contributed by atoms with Gasteiger partial charge in [0, 0.05) is 43.9 Å². The monoisotopic (exact) mass is 600 g/mol. The number of aromatic nitrogens is 1. The Morgan fingerprint density at radius 1 is 1.09 bits per heavy atom. The van der Waals surface area contributed by atoms with Crippen molar-refractivity contribution in [2.75, 3.05) is 51.8 Å². The Bertz CT molecular complexity index is 1880. The number of furan rings is 1. The first-order chi connectivity index (χ1) is 20.9. The second-order valence-electron chi connectivity index (χ2n) is 10.8. The SMILES string of the molecule is CCCC1=C(C(=O)OCC)C(c2c(OC)ccc3ccccc23)n2c(s/c(=C\c3ccc(N4CCN(C)CC4)o3)c2=O)=N1. The van der Waals surface area contributed by atoms with E-state index in [-0.39, 0.29) is 12.2 Å². The standard InChI is InChI=1S/C33H36N4O5S/c1-5-9-24-29(32(39)41-6-2)30(28-23-11-8-7-10-21(23)12-14-25(28)40-4)37-31(38)26(43-33(37)34-24)20-22-13-15-27(42-22)36-18-16-35(3)17-19-36/h7-8,10-15,20,30H,5-6,9,16-19H2,1-4H3/b26-20-. The Labute approximate surface area is 254 Å². The van der Waals surface area contributed by atoms with Gasteiger partial charge in [0.25, 0.3) is 5.56 Å². The van der Waals surface area contributed by atoms with Gasteiger partial charge in [-0.25, -0.2) is 9.79 Å². The van der Waals surface area contributed by atoms with Crippen molar-refractivity contribution in [3.63, 3.8) is 0 Å². The fourth-order valence-electron chi connectivity index (χ4n) is 5.88. The van der Waals surface area contributed by atoms with Crippen molar-refractivity contribution in [1.29, 1.82) is 0 Å². The van der Waals surface area contributed by atoms with Crippen molar-refractivity contribution >= 4 is 40.0 Å². The first-order valence-corrected chi connectivity index (χ1v) is 15.6. The van der Waals surface area contributed by atoms with Crippen LogP contribution in [0.25, 0.3) is 16.8 Å². The summed E-state index contributed by atoms with van der Waals surface area (Å²) < 4.78 is 19.7. The van der Waals surface area contributed by atoms with E-state index in [1.165, 1.54) is 11.3 Å². The smallest absolute Gasteiger partial charge is 0.338 e. The van der Waals surface area contributed by atoms with E-state index in [0.717, 1.165) is 54.8 Å². The molecule has 2 aromatic carbocycles. The molecule has 6 rings (SSSR count). The van der Waals surface area contributed by atoms with E-state index in [9.17, 15) is 9.59 Å². The number of carbonyl (C=O) groups excluding carboxylic acids is 1. The van der Waals surface area contributed by atoms with E-state index in [1.807, 2.05) is 55.5 Å². The summed E-state index contributed by atoms with van der Waals surface area (Å²) in [6, 6.07) is 14.9. The molecule has 0 bridgehead atoms. The van der Waals surface area contributed by atoms with E-state index in [2.05, 4.69) is 16.8 Å². The lowest BCUT2D eigenvalue weighted by atomic mass is 9.90. The van der Waals surface area contributed by atoms with Crippen molar-refractivity contribution < 1.29 is 18.7 Å². The number of allylic oxidation sites excluding steroid dienone is 1. The van der Waals surface area contributed by atoms with E-state index in [1.54, 1.807) is 24.7 Å². The topological polar surface area (TPSA) is 89.5 Å². The van der Waals surface area contributed by atoms with Gasteiger partial charge in [0.1, 0.15) is 17.6 Å². The van der Waals surface area contributed by atoms with Gasteiger partial charge in [-0.15, -0.1) is 0 Å². The molecular weight excluding hydrogens is 564 g/mol. The number of carbonyl (C=O) groups is 1. The number of esters is 1. The van der Waals surface area contributed by atoms with Crippen LogP contribution in [0, 0.1) is 0 Å². The average molecular weight is 601 g/mol. The highest BCUT2D eigenvalue weighted by Crippen LogP contribution is 2.41. The van der Waals surface area contributed by atoms with Gasteiger partial charge in [-0.3, -0.25) is 9.36 Å². The Kier molecular flexibility index (Phi) is 8.23. The number of anilines is 1. The van der Waals surface area contributed by atoms with Gasteiger partial charge in [-0.2, -0.15) is 0 Å². The van der Waals surface area contributed by atoms with Gasteiger partial charge in [0.15, 0.2) is 10.7 Å². The van der Waals surface area contributed by atoms with Crippen LogP contribution >= 0.6 is 11.3 Å². The summed E-state index contributed by atoms with van der Waals surface area (Å²) in [6.07, 6.45) is 3.11. The van der Waals surface area contributed by atoms with E-state index < -0.39 is 12.0 Å². The summed E-state index contributed by atoms with van der Waals surface area (Å²) in [5.74, 6) is 1.49. The molecule has 4 heterocycles. The summed E-state index contributed by atoms with van der Waals surface area (Å²) in [5, 5.41) is 1.87. The molecule has 0 saturated carbocycles. The molecule has 0 amide bonds. The molecule has 224 valence electrons. The van der Waals surface area contributed by atoms with Crippen LogP contribution in [0.1, 0.15) is 44.1 Å². The molecule has 0 spiro atoms. The predicted molar refractivity (Wildman–Crippen MR) is 169 cm³/mol. The van der Waals surface area contributed by atoms with Gasteiger partial charge in [0.05, 0.1) is 29.5 Å². The third-order valence-electron chi connectivity index (χ3n) is 8.02. The second-order valence-corrected chi connectivity index (χ2v) is 11.8. The van der Waals surface area contributed by atoms with E-state index in [0.29, 0.717) is 38.5 Å². The molecule has 4 aromatic rings. The Morgan fingerprint density at radius 3 is 2.63 bits per heavy atom. The maximum Gasteiger partial charge on any atom is 0.338 e. The van der Waals surface area contributed by atoms with Crippen LogP contribution in [0.15, 0.2) is 74.0 Å². The van der Waals surface area contributed by atoms with Crippen LogP contribution in [0.3, 0.4) is 0 Å². The maximum atomic E-state index is 14.3. The fraction of sp³-hybridized carbons (Fsp3) is 0.364. The van der Waals surface area contributed by atoms with Crippen LogP contribution in [0.5, 0.6) is 5.75 Å². The minimum Gasteiger partial charge on any atom is -0.496 e. The predicted octanol–water partition coefficient (Wildman–Crippen LogP) is 4.09. The normalized spacial score (nSPS) is 17.7. The highest BCUT2D eigenvalue weighted by Gasteiger charge is 2.37. The van der Waals surface area contributed by atoms with Crippen LogP contribution in [-0.4, -0.2) is 62.4 Å². The first-order valence-electron chi connectivity index (χ1n) is 14.7. The number of thiazole rings is 1. The number of methoxy groups -OCH3 is 1. The van der Waals surface area contributed by atoms with Gasteiger partial charge >= 0.3 is 5.97 Å². The molecule has 9 nitrogen and oxygen atoms in total. The summed E-state index contributed by atoms with van der Waals surface area (Å²) in [4.78, 5) is 37.9. The molecule has 0 N–H and O–H groups in total. The molecule has 2 aliphatic rings. The third kappa shape index (κ3) is 5.41. The van der Waals surface area contributed by atoms with Crippen molar-refractivity contribution in [3.05, 3.63) is 90.8 Å². The second kappa shape index (κ2) is 12.2. The van der Waals surface area contributed by atoms with Gasteiger partial charge < -0.3 is 23.7 Å². The number of fused-ring (bicyclic) bond motifs is 2. The van der Waals surface area contributed by atoms with E-state index >= 15 is 0 Å². The minimum atomic E-state index is -0.780. The summed E-state index contributed by atoms with van der Waals surface area (Å²) in [7, 11) is 3.72.